The number of hydrogen-bond acceptors (Lipinski definition) is 7. The van der Waals surface area contributed by atoms with Gasteiger partial charge in [0.05, 0.1) is 10.6 Å². The van der Waals surface area contributed by atoms with Crippen LogP contribution in [0.2, 0.25) is 0 Å². The molecule has 126 valence electrons. The monoisotopic (exact) mass is 345 g/mol. The van der Waals surface area contributed by atoms with Crippen LogP contribution >= 0.6 is 0 Å². The molecule has 24 heavy (non-hydrogen) atoms. The molecule has 0 bridgehead atoms. The highest BCUT2D eigenvalue weighted by Gasteiger charge is 2.20. The molecule has 1 aromatic carbocycles. The first-order chi connectivity index (χ1) is 11.3. The van der Waals surface area contributed by atoms with Crippen molar-refractivity contribution in [2.45, 2.75) is 24.7 Å². The van der Waals surface area contributed by atoms with Crippen LogP contribution in [0, 0.1) is 28.6 Å². The second-order valence-corrected chi connectivity index (χ2v) is 7.93. The fraction of sp³-hybridized carbons (Fsp3) is 0.438. The van der Waals surface area contributed by atoms with Gasteiger partial charge < -0.3 is 4.90 Å². The van der Waals surface area contributed by atoms with Crippen LogP contribution in [0.3, 0.4) is 0 Å². The summed E-state index contributed by atoms with van der Waals surface area (Å²) in [6.07, 6.45) is 3.37. The molecule has 1 aliphatic heterocycles. The number of hydrogen-bond donors (Lipinski definition) is 1. The van der Waals surface area contributed by atoms with Crippen molar-refractivity contribution in [1.29, 1.82) is 10.5 Å². The molecule has 1 aromatic rings. The lowest BCUT2D eigenvalue weighted by atomic mass is 10.00. The van der Waals surface area contributed by atoms with E-state index in [4.69, 9.17) is 10.5 Å². The van der Waals surface area contributed by atoms with Gasteiger partial charge in [-0.25, -0.2) is 8.42 Å². The van der Waals surface area contributed by atoms with E-state index in [1.54, 1.807) is 24.3 Å². The maximum absolute atomic E-state index is 11.9. The smallest absolute Gasteiger partial charge is 0.237 e. The second kappa shape index (κ2) is 7.33. The second-order valence-electron chi connectivity index (χ2n) is 5.94. The van der Waals surface area contributed by atoms with Gasteiger partial charge in [0.25, 0.3) is 0 Å². The normalized spacial score (nSPS) is 17.5. The minimum Gasteiger partial charge on any atom is -0.371 e. The lowest BCUT2D eigenvalue weighted by Gasteiger charge is -2.33. The van der Waals surface area contributed by atoms with Crippen molar-refractivity contribution in [2.75, 3.05) is 29.7 Å². The van der Waals surface area contributed by atoms with Crippen LogP contribution in [0.1, 0.15) is 19.8 Å². The van der Waals surface area contributed by atoms with Gasteiger partial charge in [0.2, 0.25) is 5.71 Å². The number of nitriles is 2. The van der Waals surface area contributed by atoms with Crippen molar-refractivity contribution in [2.24, 2.45) is 11.0 Å². The van der Waals surface area contributed by atoms with Gasteiger partial charge in [-0.2, -0.15) is 15.6 Å². The number of piperidine rings is 1. The molecule has 0 amide bonds. The van der Waals surface area contributed by atoms with E-state index >= 15 is 0 Å². The summed E-state index contributed by atoms with van der Waals surface area (Å²) in [6, 6.07) is 8.26. The molecule has 0 aromatic heterocycles. The molecule has 1 saturated heterocycles. The lowest BCUT2D eigenvalue weighted by molar-refractivity contribution is 0.447. The molecule has 0 aliphatic carbocycles. The Morgan fingerprint density at radius 3 is 2.67 bits per heavy atom. The molecule has 1 unspecified atom stereocenters. The number of nitrogens with zero attached hydrogens (tertiary/aromatic N) is 4. The molecule has 1 fully saturated rings. The summed E-state index contributed by atoms with van der Waals surface area (Å²) in [5.74, 6) is 0.576. The number of benzene rings is 1. The van der Waals surface area contributed by atoms with Crippen LogP contribution in [-0.2, 0) is 9.84 Å². The Morgan fingerprint density at radius 2 is 2.08 bits per heavy atom. The molecule has 1 atom stereocenters. The topological polar surface area (TPSA) is 109 Å². The number of sulfone groups is 1. The van der Waals surface area contributed by atoms with Gasteiger partial charge in [-0.3, -0.25) is 5.43 Å². The third kappa shape index (κ3) is 4.24. The van der Waals surface area contributed by atoms with Gasteiger partial charge in [-0.05, 0) is 37.0 Å². The van der Waals surface area contributed by atoms with Crippen molar-refractivity contribution >= 4 is 26.9 Å². The average molecular weight is 345 g/mol. The number of hydrazone groups is 1. The molecular weight excluding hydrogens is 326 g/mol. The van der Waals surface area contributed by atoms with Crippen LogP contribution < -0.4 is 10.3 Å². The van der Waals surface area contributed by atoms with Crippen molar-refractivity contribution in [1.82, 2.24) is 0 Å². The zero-order valence-corrected chi connectivity index (χ0v) is 14.5. The van der Waals surface area contributed by atoms with Gasteiger partial charge in [0.15, 0.2) is 9.84 Å². The molecule has 0 radical (unpaired) electrons. The van der Waals surface area contributed by atoms with Crippen LogP contribution in [0.15, 0.2) is 28.2 Å². The minimum absolute atomic E-state index is 0.0790. The maximum Gasteiger partial charge on any atom is 0.237 e. The van der Waals surface area contributed by atoms with Crippen molar-refractivity contribution < 1.29 is 8.42 Å². The Kier molecular flexibility index (Phi) is 5.42. The Balaban J connectivity index is 2.41. The van der Waals surface area contributed by atoms with Crippen LogP contribution in [0.5, 0.6) is 0 Å². The number of nitrogens with one attached hydrogen (secondary N) is 1. The predicted molar refractivity (Wildman–Crippen MR) is 92.4 cm³/mol. The molecule has 1 heterocycles. The first-order valence-electron chi connectivity index (χ1n) is 7.58. The summed E-state index contributed by atoms with van der Waals surface area (Å²) >= 11 is 0. The quantitative estimate of drug-likeness (QED) is 0.661. The molecule has 2 rings (SSSR count). The fourth-order valence-electron chi connectivity index (χ4n) is 2.74. The largest absolute Gasteiger partial charge is 0.371 e. The lowest BCUT2D eigenvalue weighted by Crippen LogP contribution is -2.34. The summed E-state index contributed by atoms with van der Waals surface area (Å²) in [5, 5.41) is 21.2. The van der Waals surface area contributed by atoms with E-state index in [2.05, 4.69) is 22.4 Å². The first kappa shape index (κ1) is 17.8. The first-order valence-corrected chi connectivity index (χ1v) is 9.47. The van der Waals surface area contributed by atoms with E-state index in [-0.39, 0.29) is 16.3 Å². The SMILES string of the molecule is CC1CCCN(c2ccc(S(C)(=O)=O)c(NN=C(C#N)C#N)c2)C1. The molecule has 1 N–H and O–H groups in total. The average Bonchev–Trinajstić information content (AvgIpc) is 2.54. The van der Waals surface area contributed by atoms with Crippen molar-refractivity contribution in [3.8, 4) is 12.1 Å². The molecular formula is C16H19N5O2S. The Labute approximate surface area is 142 Å². The van der Waals surface area contributed by atoms with Gasteiger partial charge in [-0.1, -0.05) is 6.92 Å². The van der Waals surface area contributed by atoms with E-state index in [9.17, 15) is 8.42 Å². The molecule has 8 heteroatoms. The zero-order valence-electron chi connectivity index (χ0n) is 13.7. The summed E-state index contributed by atoms with van der Waals surface area (Å²) in [4.78, 5) is 2.28. The Hall–Kier alpha value is -2.58. The molecule has 0 spiro atoms. The highest BCUT2D eigenvalue weighted by Crippen LogP contribution is 2.30. The maximum atomic E-state index is 11.9. The highest BCUT2D eigenvalue weighted by molar-refractivity contribution is 7.90. The Morgan fingerprint density at radius 1 is 1.38 bits per heavy atom. The third-order valence-electron chi connectivity index (χ3n) is 3.88. The zero-order chi connectivity index (χ0) is 17.7. The van der Waals surface area contributed by atoms with E-state index in [0.29, 0.717) is 5.92 Å². The molecule has 1 aliphatic rings. The summed E-state index contributed by atoms with van der Waals surface area (Å²) in [7, 11) is -3.47. The standard InChI is InChI=1S/C16H19N5O2S/c1-12-4-3-7-21(11-12)14-5-6-16(24(2,22)23)15(8-14)20-19-13(9-17)10-18/h5-6,8,12,20H,3-4,7,11H2,1-2H3. The van der Waals surface area contributed by atoms with Gasteiger partial charge in [0.1, 0.15) is 12.1 Å². The van der Waals surface area contributed by atoms with Crippen LogP contribution in [0.4, 0.5) is 11.4 Å². The third-order valence-corrected chi connectivity index (χ3v) is 5.04. The Bertz CT molecular complexity index is 817. The van der Waals surface area contributed by atoms with Crippen LogP contribution in [0.25, 0.3) is 0 Å². The molecule has 7 nitrogen and oxygen atoms in total. The van der Waals surface area contributed by atoms with Gasteiger partial charge in [0, 0.05) is 25.0 Å². The van der Waals surface area contributed by atoms with Crippen LogP contribution in [-0.4, -0.2) is 33.5 Å². The predicted octanol–water partition coefficient (Wildman–Crippen LogP) is 2.14. The fourth-order valence-corrected chi connectivity index (χ4v) is 3.56. The van der Waals surface area contributed by atoms with E-state index in [0.717, 1.165) is 31.5 Å². The van der Waals surface area contributed by atoms with E-state index in [1.807, 2.05) is 0 Å². The summed E-state index contributed by atoms with van der Waals surface area (Å²) < 4.78 is 23.9. The van der Waals surface area contributed by atoms with Gasteiger partial charge >= 0.3 is 0 Å². The highest BCUT2D eigenvalue weighted by atomic mass is 32.2. The number of anilines is 2. The van der Waals surface area contributed by atoms with E-state index in [1.165, 1.54) is 12.5 Å². The molecule has 0 saturated carbocycles. The number of rotatable bonds is 4. The van der Waals surface area contributed by atoms with Gasteiger partial charge in [-0.15, -0.1) is 0 Å². The van der Waals surface area contributed by atoms with E-state index < -0.39 is 9.84 Å². The summed E-state index contributed by atoms with van der Waals surface area (Å²) in [5.41, 5.74) is 3.33. The van der Waals surface area contributed by atoms with Crippen molar-refractivity contribution in [3.05, 3.63) is 18.2 Å². The minimum atomic E-state index is -3.47. The summed E-state index contributed by atoms with van der Waals surface area (Å²) in [6.45, 7) is 4.00. The van der Waals surface area contributed by atoms with Crippen molar-refractivity contribution in [3.63, 3.8) is 0 Å².